The van der Waals surface area contributed by atoms with Crippen molar-refractivity contribution in [3.05, 3.63) is 107 Å². The van der Waals surface area contributed by atoms with Crippen LogP contribution in [0.3, 0.4) is 0 Å². The van der Waals surface area contributed by atoms with E-state index in [-0.39, 0.29) is 47.2 Å². The molecule has 5 aromatic rings. The van der Waals surface area contributed by atoms with E-state index in [9.17, 15) is 0 Å². The fourth-order valence-corrected chi connectivity index (χ4v) is 6.82. The van der Waals surface area contributed by atoms with Crippen LogP contribution >= 0.6 is 0 Å². The fraction of sp³-hybridized carbons (Fsp3) is 0.395. The third-order valence-electron chi connectivity index (χ3n) is 11.4. The smallest absolute Gasteiger partial charge is 0.165 e. The van der Waals surface area contributed by atoms with Gasteiger partial charge in [0.1, 0.15) is 0 Å². The Kier molecular flexibility index (Phi) is 9.02. The molecule has 48 heavy (non-hydrogen) atoms. The predicted octanol–water partition coefficient (Wildman–Crippen LogP) is 10.9. The van der Waals surface area contributed by atoms with Crippen LogP contribution in [0.2, 0.25) is 0 Å². The Morgan fingerprint density at radius 2 is 0.958 bits per heavy atom. The van der Waals surface area contributed by atoms with Crippen molar-refractivity contribution in [2.45, 2.75) is 105 Å². The molecule has 2 heterocycles. The Morgan fingerprint density at radius 3 is 1.38 bits per heavy atom. The van der Waals surface area contributed by atoms with Gasteiger partial charge in [-0.15, -0.1) is 34.9 Å². The normalized spacial score (nSPS) is 16.2. The zero-order chi connectivity index (χ0) is 34.2. The molecule has 0 atom stereocenters. The predicted molar refractivity (Wildman–Crippen MR) is 195 cm³/mol. The number of nitrogens with zero attached hydrogens (tertiary/aromatic N) is 4. The Labute approximate surface area is 301 Å². The molecule has 1 aliphatic carbocycles. The summed E-state index contributed by atoms with van der Waals surface area (Å²) in [6.07, 6.45) is 1.88. The third-order valence-corrected chi connectivity index (χ3v) is 11.4. The molecule has 0 bridgehead atoms. The summed E-state index contributed by atoms with van der Waals surface area (Å²) >= 11 is 0. The van der Waals surface area contributed by atoms with Crippen LogP contribution in [0, 0.1) is 11.5 Å². The molecular weight excluding hydrogens is 765 g/mol. The van der Waals surface area contributed by atoms with E-state index in [1.807, 2.05) is 6.20 Å². The number of hydrogen-bond acceptors (Lipinski definition) is 4. The molecule has 4 nitrogen and oxygen atoms in total. The largest absolute Gasteiger partial charge is 0.304 e. The molecule has 5 heteroatoms. The van der Waals surface area contributed by atoms with E-state index in [1.54, 1.807) is 0 Å². The molecule has 0 fully saturated rings. The van der Waals surface area contributed by atoms with E-state index in [0.717, 1.165) is 27.9 Å². The van der Waals surface area contributed by atoms with E-state index in [0.29, 0.717) is 17.5 Å². The second-order valence-electron chi connectivity index (χ2n) is 16.9. The van der Waals surface area contributed by atoms with Crippen LogP contribution in [0.1, 0.15) is 105 Å². The van der Waals surface area contributed by atoms with Crippen LogP contribution in [0.5, 0.6) is 0 Å². The van der Waals surface area contributed by atoms with Crippen molar-refractivity contribution < 1.29 is 20.1 Å². The van der Waals surface area contributed by atoms with Crippen LogP contribution < -0.4 is 0 Å². The summed E-state index contributed by atoms with van der Waals surface area (Å²) < 4.78 is 0. The first-order valence-electron chi connectivity index (χ1n) is 16.8. The molecule has 3 aromatic carbocycles. The average molecular weight is 814 g/mol. The zero-order valence-corrected chi connectivity index (χ0v) is 33.0. The summed E-state index contributed by atoms with van der Waals surface area (Å²) in [6, 6.07) is 29.3. The molecule has 1 aliphatic rings. The molecular formula is C43H49IrN4-. The van der Waals surface area contributed by atoms with Gasteiger partial charge in [0.15, 0.2) is 17.5 Å². The Morgan fingerprint density at radius 1 is 0.542 bits per heavy atom. The molecule has 0 amide bonds. The van der Waals surface area contributed by atoms with Crippen molar-refractivity contribution in [2.75, 3.05) is 0 Å². The summed E-state index contributed by atoms with van der Waals surface area (Å²) in [6.45, 7) is 27.6. The zero-order valence-electron chi connectivity index (χ0n) is 30.6. The van der Waals surface area contributed by atoms with Crippen LogP contribution in [0.4, 0.5) is 0 Å². The summed E-state index contributed by atoms with van der Waals surface area (Å²) in [5.74, 6) is 1.90. The summed E-state index contributed by atoms with van der Waals surface area (Å²) in [4.78, 5) is 19.8. The number of pyridine rings is 1. The van der Waals surface area contributed by atoms with Crippen molar-refractivity contribution in [1.82, 2.24) is 19.9 Å². The second kappa shape index (κ2) is 12.1. The molecule has 0 unspecified atom stereocenters. The number of benzene rings is 3. The second-order valence-corrected chi connectivity index (χ2v) is 16.9. The van der Waals surface area contributed by atoms with E-state index in [2.05, 4.69) is 162 Å². The van der Waals surface area contributed by atoms with Gasteiger partial charge >= 0.3 is 0 Å². The van der Waals surface area contributed by atoms with Crippen molar-refractivity contribution in [1.29, 1.82) is 0 Å². The van der Waals surface area contributed by atoms with Gasteiger partial charge < -0.3 is 4.98 Å². The molecule has 0 spiro atoms. The van der Waals surface area contributed by atoms with Gasteiger partial charge in [0.05, 0.1) is 0 Å². The molecule has 251 valence electrons. The maximum absolute atomic E-state index is 4.98. The fourth-order valence-electron chi connectivity index (χ4n) is 6.82. The Bertz CT molecular complexity index is 1860. The summed E-state index contributed by atoms with van der Waals surface area (Å²) in [5, 5.41) is 0. The topological polar surface area (TPSA) is 51.6 Å². The number of hydrogen-bond donors (Lipinski definition) is 0. The molecule has 0 saturated carbocycles. The summed E-state index contributed by atoms with van der Waals surface area (Å²) in [7, 11) is 0. The van der Waals surface area contributed by atoms with Gasteiger partial charge in [-0.2, -0.15) is 0 Å². The maximum atomic E-state index is 4.98. The van der Waals surface area contributed by atoms with E-state index in [4.69, 9.17) is 19.9 Å². The molecule has 6 rings (SSSR count). The first kappa shape index (κ1) is 35.8. The number of rotatable bonds is 4. The van der Waals surface area contributed by atoms with E-state index < -0.39 is 0 Å². The van der Waals surface area contributed by atoms with Crippen LogP contribution in [-0.2, 0) is 41.8 Å². The molecule has 0 N–H and O–H groups in total. The monoisotopic (exact) mass is 814 g/mol. The van der Waals surface area contributed by atoms with Crippen molar-refractivity contribution in [3.8, 4) is 45.4 Å². The molecule has 1 radical (unpaired) electrons. The van der Waals surface area contributed by atoms with E-state index in [1.165, 1.54) is 22.3 Å². The van der Waals surface area contributed by atoms with Gasteiger partial charge in [-0.1, -0.05) is 144 Å². The van der Waals surface area contributed by atoms with Gasteiger partial charge in [0.25, 0.3) is 0 Å². The Balaban J connectivity index is 0.00000451. The minimum atomic E-state index is 0. The van der Waals surface area contributed by atoms with Gasteiger partial charge in [0.2, 0.25) is 0 Å². The molecule has 0 saturated heterocycles. The average Bonchev–Trinajstić information content (AvgIpc) is 3.13. The molecule has 2 aromatic heterocycles. The minimum absolute atomic E-state index is 0. The van der Waals surface area contributed by atoms with Crippen molar-refractivity contribution in [3.63, 3.8) is 0 Å². The molecule has 0 aliphatic heterocycles. The van der Waals surface area contributed by atoms with Crippen LogP contribution in [0.15, 0.2) is 79.0 Å². The first-order valence-corrected chi connectivity index (χ1v) is 16.8. The van der Waals surface area contributed by atoms with Crippen LogP contribution in [-0.4, -0.2) is 19.9 Å². The van der Waals surface area contributed by atoms with E-state index >= 15 is 0 Å². The Hall–Kier alpha value is -3.53. The first-order chi connectivity index (χ1) is 21.8. The van der Waals surface area contributed by atoms with Gasteiger partial charge in [0, 0.05) is 43.0 Å². The van der Waals surface area contributed by atoms with Crippen molar-refractivity contribution >= 4 is 0 Å². The maximum Gasteiger partial charge on any atom is 0.165 e. The minimum Gasteiger partial charge on any atom is -0.304 e. The standard InChI is InChI=1S/C43H49N4.Ir/c1-39(2,3)31-19-13-27(14-20-31)36-45-37(28-15-21-32(22-16-28)40(4,5)6)47-38(46-36)30-18-24-35(44-26-30)29-17-23-33-34(25-29)42(9,10)43(11,12)41(33,7)8;/h13-16,18-26H,1-12H3;/q-1;. The van der Waals surface area contributed by atoms with Crippen molar-refractivity contribution in [2.24, 2.45) is 5.41 Å². The summed E-state index contributed by atoms with van der Waals surface area (Å²) in [5.41, 5.74) is 10.3. The third kappa shape index (κ3) is 6.09. The van der Waals surface area contributed by atoms with Gasteiger partial charge in [-0.3, -0.25) is 0 Å². The van der Waals surface area contributed by atoms with Crippen LogP contribution in [0.25, 0.3) is 45.4 Å². The quantitative estimate of drug-likeness (QED) is 0.170. The van der Waals surface area contributed by atoms with Gasteiger partial charge in [-0.05, 0) is 43.9 Å². The van der Waals surface area contributed by atoms with Gasteiger partial charge in [-0.25, -0.2) is 15.0 Å². The SMILES string of the molecule is CC(C)(C)c1ccc(-c2nc(-c3ccc(C(C)(C)C)cc3)nc(-c3ccc(-c4[c-]cc5c(c4)C(C)(C)C(C)(C)C5(C)C)nc3)n2)cc1.[Ir]. The number of aromatic nitrogens is 4. The number of fused-ring (bicyclic) bond motifs is 1.